The Morgan fingerprint density at radius 3 is 2.55 bits per heavy atom. The summed E-state index contributed by atoms with van der Waals surface area (Å²) in [6, 6.07) is 4.83. The van der Waals surface area contributed by atoms with E-state index in [1.807, 2.05) is 0 Å². The van der Waals surface area contributed by atoms with E-state index in [-0.39, 0.29) is 11.5 Å². The molecule has 0 aliphatic rings. The maximum Gasteiger partial charge on any atom is 0.126 e. The van der Waals surface area contributed by atoms with Crippen LogP contribution < -0.4 is 5.73 Å². The van der Waals surface area contributed by atoms with Gasteiger partial charge in [0.1, 0.15) is 5.75 Å². The maximum absolute atomic E-state index is 9.24. The molecule has 58 valence electrons. The molecule has 0 bridgehead atoms. The molecular weight excluding hydrogens is 140 g/mol. The molecule has 1 aromatic rings. The molecule has 0 spiro atoms. The lowest BCUT2D eigenvalue weighted by atomic mass is 10.1. The first-order chi connectivity index (χ1) is 5.13. The first kappa shape index (κ1) is 7.60. The second-order valence-corrected chi connectivity index (χ2v) is 2.37. The van der Waals surface area contributed by atoms with Crippen LogP contribution in [0.1, 0.15) is 12.5 Å². The Morgan fingerprint density at radius 1 is 1.55 bits per heavy atom. The number of nitrogens with one attached hydrogen (secondary N) is 1. The van der Waals surface area contributed by atoms with E-state index in [4.69, 9.17) is 11.1 Å². The number of phenolic OH excluding ortho intramolecular Hbond substituents is 1. The van der Waals surface area contributed by atoms with Gasteiger partial charge in [0.2, 0.25) is 0 Å². The molecule has 0 saturated carbocycles. The fourth-order valence-corrected chi connectivity index (χ4v) is 0.966. The van der Waals surface area contributed by atoms with Gasteiger partial charge in [-0.05, 0) is 19.1 Å². The fourth-order valence-electron chi connectivity index (χ4n) is 0.966. The summed E-state index contributed by atoms with van der Waals surface area (Å²) < 4.78 is 0. The molecule has 11 heavy (non-hydrogen) atoms. The molecular formula is C8H10N2O. The monoisotopic (exact) mass is 150 g/mol. The van der Waals surface area contributed by atoms with Gasteiger partial charge in [0.15, 0.2) is 0 Å². The van der Waals surface area contributed by atoms with Crippen molar-refractivity contribution in [1.82, 2.24) is 0 Å². The largest absolute Gasteiger partial charge is 0.507 e. The van der Waals surface area contributed by atoms with E-state index in [0.29, 0.717) is 11.3 Å². The van der Waals surface area contributed by atoms with Gasteiger partial charge < -0.3 is 16.2 Å². The van der Waals surface area contributed by atoms with E-state index in [2.05, 4.69) is 0 Å². The summed E-state index contributed by atoms with van der Waals surface area (Å²) in [6.45, 7) is 1.59. The van der Waals surface area contributed by atoms with E-state index in [1.165, 1.54) is 6.07 Å². The molecule has 0 atom stereocenters. The first-order valence-electron chi connectivity index (χ1n) is 3.26. The lowest BCUT2D eigenvalue weighted by Gasteiger charge is -2.04. The number of aromatic hydroxyl groups is 1. The molecule has 3 nitrogen and oxygen atoms in total. The second kappa shape index (κ2) is 2.62. The van der Waals surface area contributed by atoms with Crippen LogP contribution in [0.4, 0.5) is 5.69 Å². The Balaban J connectivity index is 3.32. The lowest BCUT2D eigenvalue weighted by molar-refractivity contribution is 0.474. The molecule has 1 aromatic carbocycles. The molecule has 4 N–H and O–H groups in total. The van der Waals surface area contributed by atoms with Gasteiger partial charge in [-0.1, -0.05) is 6.07 Å². The summed E-state index contributed by atoms with van der Waals surface area (Å²) in [5.74, 6) is 0.0671. The highest BCUT2D eigenvalue weighted by atomic mass is 16.3. The molecule has 0 saturated heterocycles. The number of hydrogen-bond donors (Lipinski definition) is 3. The van der Waals surface area contributed by atoms with Crippen molar-refractivity contribution in [2.45, 2.75) is 6.92 Å². The molecule has 0 radical (unpaired) electrons. The van der Waals surface area contributed by atoms with Crippen LogP contribution in [0.2, 0.25) is 0 Å². The molecule has 0 aliphatic heterocycles. The molecule has 0 aliphatic carbocycles. The van der Waals surface area contributed by atoms with Gasteiger partial charge >= 0.3 is 0 Å². The van der Waals surface area contributed by atoms with Crippen LogP contribution in [-0.2, 0) is 0 Å². The number of nitrogens with two attached hydrogens (primary N) is 1. The van der Waals surface area contributed by atoms with E-state index in [1.54, 1.807) is 19.1 Å². The minimum atomic E-state index is 0.0671. The first-order valence-corrected chi connectivity index (χ1v) is 3.26. The lowest BCUT2D eigenvalue weighted by Crippen LogP contribution is -1.99. The van der Waals surface area contributed by atoms with Crippen molar-refractivity contribution >= 4 is 11.4 Å². The van der Waals surface area contributed by atoms with Crippen LogP contribution in [-0.4, -0.2) is 10.8 Å². The Hall–Kier alpha value is -1.51. The SMILES string of the molecule is CC(=N)c1c(N)cccc1O. The van der Waals surface area contributed by atoms with Crippen molar-refractivity contribution < 1.29 is 5.11 Å². The summed E-state index contributed by atoms with van der Waals surface area (Å²) in [5, 5.41) is 16.5. The van der Waals surface area contributed by atoms with Gasteiger partial charge in [0.05, 0.1) is 5.56 Å². The molecule has 0 aromatic heterocycles. The minimum absolute atomic E-state index is 0.0671. The summed E-state index contributed by atoms with van der Waals surface area (Å²) in [6.07, 6.45) is 0. The highest BCUT2D eigenvalue weighted by molar-refractivity contribution is 6.03. The van der Waals surface area contributed by atoms with Gasteiger partial charge in [-0.25, -0.2) is 0 Å². The zero-order chi connectivity index (χ0) is 8.43. The van der Waals surface area contributed by atoms with Crippen molar-refractivity contribution in [3.8, 4) is 5.75 Å². The Morgan fingerprint density at radius 2 is 2.18 bits per heavy atom. The van der Waals surface area contributed by atoms with Crippen molar-refractivity contribution in [3.63, 3.8) is 0 Å². The van der Waals surface area contributed by atoms with Gasteiger partial charge in [-0.2, -0.15) is 0 Å². The van der Waals surface area contributed by atoms with Crippen molar-refractivity contribution in [1.29, 1.82) is 5.41 Å². The summed E-state index contributed by atoms with van der Waals surface area (Å²) in [4.78, 5) is 0. The maximum atomic E-state index is 9.24. The highest BCUT2D eigenvalue weighted by Crippen LogP contribution is 2.22. The topological polar surface area (TPSA) is 70.1 Å². The molecule has 0 amide bonds. The average Bonchev–Trinajstić information content (AvgIpc) is 1.85. The van der Waals surface area contributed by atoms with Gasteiger partial charge in [0.25, 0.3) is 0 Å². The number of nitrogen functional groups attached to an aromatic ring is 1. The van der Waals surface area contributed by atoms with Crippen LogP contribution in [0.5, 0.6) is 5.75 Å². The van der Waals surface area contributed by atoms with Crippen LogP contribution in [0.25, 0.3) is 0 Å². The number of benzene rings is 1. The van der Waals surface area contributed by atoms with E-state index in [9.17, 15) is 5.11 Å². The third-order valence-corrected chi connectivity index (χ3v) is 1.45. The quantitative estimate of drug-likeness (QED) is 0.418. The van der Waals surface area contributed by atoms with Crippen LogP contribution >= 0.6 is 0 Å². The Kier molecular flexibility index (Phi) is 1.81. The van der Waals surface area contributed by atoms with Crippen molar-refractivity contribution in [3.05, 3.63) is 23.8 Å². The minimum Gasteiger partial charge on any atom is -0.507 e. The zero-order valence-corrected chi connectivity index (χ0v) is 6.26. The third kappa shape index (κ3) is 1.32. The van der Waals surface area contributed by atoms with Crippen LogP contribution in [0.15, 0.2) is 18.2 Å². The third-order valence-electron chi connectivity index (χ3n) is 1.45. The summed E-state index contributed by atoms with van der Waals surface area (Å²) >= 11 is 0. The molecule has 3 heteroatoms. The van der Waals surface area contributed by atoms with Gasteiger partial charge in [0, 0.05) is 11.4 Å². The average molecular weight is 150 g/mol. The predicted molar refractivity (Wildman–Crippen MR) is 45.0 cm³/mol. The van der Waals surface area contributed by atoms with Gasteiger partial charge in [-0.15, -0.1) is 0 Å². The molecule has 0 unspecified atom stereocenters. The van der Waals surface area contributed by atoms with E-state index in [0.717, 1.165) is 0 Å². The molecule has 0 fully saturated rings. The van der Waals surface area contributed by atoms with Crippen molar-refractivity contribution in [2.75, 3.05) is 5.73 Å². The Labute approximate surface area is 65.0 Å². The van der Waals surface area contributed by atoms with Crippen LogP contribution in [0.3, 0.4) is 0 Å². The number of rotatable bonds is 1. The van der Waals surface area contributed by atoms with E-state index < -0.39 is 0 Å². The number of anilines is 1. The normalized spacial score (nSPS) is 9.55. The fraction of sp³-hybridized carbons (Fsp3) is 0.125. The summed E-state index contributed by atoms with van der Waals surface area (Å²) in [5.41, 5.74) is 6.67. The van der Waals surface area contributed by atoms with Gasteiger partial charge in [-0.3, -0.25) is 0 Å². The molecule has 0 heterocycles. The highest BCUT2D eigenvalue weighted by Gasteiger charge is 2.05. The predicted octanol–water partition coefficient (Wildman–Crippen LogP) is 1.36. The smallest absolute Gasteiger partial charge is 0.126 e. The number of hydrogen-bond acceptors (Lipinski definition) is 3. The zero-order valence-electron chi connectivity index (χ0n) is 6.26. The Bertz CT molecular complexity index is 274. The second-order valence-electron chi connectivity index (χ2n) is 2.37. The standard InChI is InChI=1S/C8H10N2O/c1-5(9)8-6(10)3-2-4-7(8)11/h2-4,9,11H,10H2,1H3. The summed E-state index contributed by atoms with van der Waals surface area (Å²) in [7, 11) is 0. The van der Waals surface area contributed by atoms with Crippen LogP contribution in [0, 0.1) is 5.41 Å². The number of phenols is 1. The van der Waals surface area contributed by atoms with E-state index >= 15 is 0 Å². The molecule has 1 rings (SSSR count). The van der Waals surface area contributed by atoms with Crippen molar-refractivity contribution in [2.24, 2.45) is 0 Å².